The summed E-state index contributed by atoms with van der Waals surface area (Å²) in [6.07, 6.45) is 0. The van der Waals surface area contributed by atoms with Gasteiger partial charge in [-0.25, -0.2) is 26.3 Å². The highest BCUT2D eigenvalue weighted by Gasteiger charge is 3.02. The quantitative estimate of drug-likeness (QED) is 0.407. The van der Waals surface area contributed by atoms with Crippen molar-refractivity contribution < 1.29 is 66.3 Å². The Hall–Kier alpha value is -2.29. The van der Waals surface area contributed by atoms with Gasteiger partial charge in [0.2, 0.25) is 5.82 Å². The molecule has 1 saturated carbocycles. The molecule has 0 aliphatic heterocycles. The van der Waals surface area contributed by atoms with Crippen molar-refractivity contribution in [3.8, 4) is 0 Å². The van der Waals surface area contributed by atoms with E-state index in [2.05, 4.69) is 0 Å². The lowest BCUT2D eigenvalue weighted by Crippen LogP contribution is -2.62. The van der Waals surface area contributed by atoms with E-state index in [-0.39, 0.29) is 5.32 Å². The number of hydrogen-bond donors (Lipinski definition) is 1. The summed E-state index contributed by atoms with van der Waals surface area (Å²) in [6, 6.07) is 0. The highest BCUT2D eigenvalue weighted by Crippen LogP contribution is 2.69. The minimum Gasteiger partial charge on any atom is -0.318 e. The lowest BCUT2D eigenvalue weighted by Gasteiger charge is -2.29. The van der Waals surface area contributed by atoms with Gasteiger partial charge in [-0.2, -0.15) is 35.1 Å². The average molecular weight is 441 g/mol. The highest BCUT2D eigenvalue weighted by atomic mass is 19.4. The molecule has 158 valence electrons. The Morgan fingerprint density at radius 3 is 1.14 bits per heavy atom. The number of nitrogens with one attached hydrogen (secondary N) is 1. The summed E-state index contributed by atoms with van der Waals surface area (Å²) in [7, 11) is 0. The second-order valence-corrected chi connectivity index (χ2v) is 5.36. The van der Waals surface area contributed by atoms with Gasteiger partial charge in [0, 0.05) is 0 Å². The standard InChI is InChI=1S/C12HF14NO/c13-1-2(14)4(16)6(5(17)3(1)15)27-7(28)8(18)9(19,20)11(23,24)12(25,26)10(8,21)22/h(H,27,28). The number of anilines is 1. The Labute approximate surface area is 143 Å². The largest absolute Gasteiger partial charge is 0.382 e. The van der Waals surface area contributed by atoms with Crippen LogP contribution in [0.5, 0.6) is 0 Å². The van der Waals surface area contributed by atoms with Crippen LogP contribution in [0.2, 0.25) is 0 Å². The first-order chi connectivity index (χ1) is 12.3. The third kappa shape index (κ3) is 2.08. The maximum Gasteiger partial charge on any atom is 0.382 e. The summed E-state index contributed by atoms with van der Waals surface area (Å²) >= 11 is 0. The maximum absolute atomic E-state index is 14.1. The smallest absolute Gasteiger partial charge is 0.318 e. The van der Waals surface area contributed by atoms with Gasteiger partial charge in [-0.1, -0.05) is 0 Å². The molecule has 28 heavy (non-hydrogen) atoms. The van der Waals surface area contributed by atoms with Crippen molar-refractivity contribution in [2.75, 3.05) is 5.32 Å². The summed E-state index contributed by atoms with van der Waals surface area (Å²) < 4.78 is 185. The van der Waals surface area contributed by atoms with Crippen molar-refractivity contribution in [1.82, 2.24) is 0 Å². The minimum absolute atomic E-state index is 0.0194. The van der Waals surface area contributed by atoms with Gasteiger partial charge in [0.05, 0.1) is 0 Å². The normalized spacial score (nSPS) is 23.5. The molecule has 1 aliphatic rings. The van der Waals surface area contributed by atoms with Gasteiger partial charge in [0.1, 0.15) is 5.69 Å². The Kier molecular flexibility index (Phi) is 4.42. The molecule has 16 heteroatoms. The van der Waals surface area contributed by atoms with Crippen molar-refractivity contribution >= 4 is 11.6 Å². The first-order valence-corrected chi connectivity index (χ1v) is 6.35. The van der Waals surface area contributed by atoms with Crippen molar-refractivity contribution in [3.05, 3.63) is 29.1 Å². The molecule has 1 N–H and O–H groups in total. The van der Waals surface area contributed by atoms with Crippen LogP contribution in [0, 0.1) is 29.1 Å². The maximum atomic E-state index is 14.1. The van der Waals surface area contributed by atoms with Crippen molar-refractivity contribution in [1.29, 1.82) is 0 Å². The Morgan fingerprint density at radius 1 is 0.536 bits per heavy atom. The van der Waals surface area contributed by atoms with Gasteiger partial charge in [0.25, 0.3) is 5.91 Å². The summed E-state index contributed by atoms with van der Waals surface area (Å²) in [5.41, 5.74) is -9.57. The van der Waals surface area contributed by atoms with Crippen molar-refractivity contribution in [2.45, 2.75) is 29.4 Å². The summed E-state index contributed by atoms with van der Waals surface area (Å²) in [5, 5.41) is 0.0194. The van der Waals surface area contributed by atoms with Gasteiger partial charge in [0.15, 0.2) is 23.3 Å². The van der Waals surface area contributed by atoms with E-state index in [0.29, 0.717) is 0 Å². The molecule has 0 saturated heterocycles. The molecular weight excluding hydrogens is 440 g/mol. The van der Waals surface area contributed by atoms with Crippen LogP contribution in [0.15, 0.2) is 0 Å². The molecule has 0 radical (unpaired) electrons. The van der Waals surface area contributed by atoms with Gasteiger partial charge in [-0.05, 0) is 0 Å². The number of rotatable bonds is 2. The monoisotopic (exact) mass is 441 g/mol. The third-order valence-corrected chi connectivity index (χ3v) is 3.81. The van der Waals surface area contributed by atoms with E-state index < -0.39 is 70.0 Å². The van der Waals surface area contributed by atoms with Gasteiger partial charge in [-0.15, -0.1) is 0 Å². The molecule has 1 aromatic carbocycles. The van der Waals surface area contributed by atoms with Gasteiger partial charge < -0.3 is 5.32 Å². The van der Waals surface area contributed by atoms with Crippen LogP contribution in [0.25, 0.3) is 0 Å². The van der Waals surface area contributed by atoms with Crippen LogP contribution in [0.3, 0.4) is 0 Å². The van der Waals surface area contributed by atoms with E-state index in [0.717, 1.165) is 0 Å². The second kappa shape index (κ2) is 5.62. The molecule has 1 fully saturated rings. The molecule has 1 aromatic rings. The minimum atomic E-state index is -7.19. The molecule has 2 rings (SSSR count). The zero-order chi connectivity index (χ0) is 22.2. The number of alkyl halides is 9. The number of carbonyl (C=O) groups is 1. The predicted octanol–water partition coefficient (Wildman–Crippen LogP) is 4.58. The topological polar surface area (TPSA) is 29.1 Å². The number of hydrogen-bond acceptors (Lipinski definition) is 1. The number of carbonyl (C=O) groups excluding carboxylic acids is 1. The lowest BCUT2D eigenvalue weighted by atomic mass is 9.95. The highest BCUT2D eigenvalue weighted by molar-refractivity contribution is 6.00. The fourth-order valence-electron chi connectivity index (χ4n) is 2.22. The Balaban J connectivity index is 2.68. The predicted molar refractivity (Wildman–Crippen MR) is 58.5 cm³/mol. The molecule has 2 nitrogen and oxygen atoms in total. The van der Waals surface area contributed by atoms with Gasteiger partial charge >= 0.3 is 29.4 Å². The van der Waals surface area contributed by atoms with E-state index in [4.69, 9.17) is 0 Å². The van der Waals surface area contributed by atoms with Crippen LogP contribution < -0.4 is 5.32 Å². The van der Waals surface area contributed by atoms with E-state index >= 15 is 0 Å². The van der Waals surface area contributed by atoms with Gasteiger partial charge in [-0.3, -0.25) is 4.79 Å². The first-order valence-electron chi connectivity index (χ1n) is 6.35. The summed E-state index contributed by atoms with van der Waals surface area (Å²) in [4.78, 5) is 11.4. The summed E-state index contributed by atoms with van der Waals surface area (Å²) in [6.45, 7) is 0. The zero-order valence-corrected chi connectivity index (χ0v) is 12.2. The van der Waals surface area contributed by atoms with E-state index in [1.54, 1.807) is 0 Å². The second-order valence-electron chi connectivity index (χ2n) is 5.36. The number of halogens is 14. The van der Waals surface area contributed by atoms with Crippen LogP contribution in [0.1, 0.15) is 0 Å². The fourth-order valence-corrected chi connectivity index (χ4v) is 2.22. The zero-order valence-electron chi connectivity index (χ0n) is 12.2. The molecular formula is C12HF14NO. The van der Waals surface area contributed by atoms with Crippen molar-refractivity contribution in [3.63, 3.8) is 0 Å². The SMILES string of the molecule is O=C(Nc1c(F)c(F)c(F)c(F)c1F)C1(F)C(F)(F)C(F)(F)C(F)(F)C1(F)F. The van der Waals surface area contributed by atoms with Crippen LogP contribution >= 0.6 is 0 Å². The average Bonchev–Trinajstić information content (AvgIpc) is 2.64. The first kappa shape index (κ1) is 22.0. The Morgan fingerprint density at radius 2 is 0.821 bits per heavy atom. The van der Waals surface area contributed by atoms with Crippen LogP contribution in [-0.4, -0.2) is 35.3 Å². The van der Waals surface area contributed by atoms with Crippen LogP contribution in [0.4, 0.5) is 67.2 Å². The van der Waals surface area contributed by atoms with E-state index in [9.17, 15) is 66.3 Å². The van der Waals surface area contributed by atoms with E-state index in [1.165, 1.54) is 0 Å². The van der Waals surface area contributed by atoms with E-state index in [1.807, 2.05) is 0 Å². The van der Waals surface area contributed by atoms with Crippen LogP contribution in [-0.2, 0) is 4.79 Å². The van der Waals surface area contributed by atoms with Crippen molar-refractivity contribution in [2.24, 2.45) is 0 Å². The molecule has 0 bridgehead atoms. The molecule has 1 aliphatic carbocycles. The molecule has 1 amide bonds. The number of amides is 1. The lowest BCUT2D eigenvalue weighted by molar-refractivity contribution is -0.303. The summed E-state index contributed by atoms with van der Waals surface area (Å²) in [5.74, 6) is -47.5. The molecule has 0 atom stereocenters. The third-order valence-electron chi connectivity index (χ3n) is 3.81. The fraction of sp³-hybridized carbons (Fsp3) is 0.417. The molecule has 0 unspecified atom stereocenters. The molecule has 0 aromatic heterocycles. The molecule has 0 heterocycles. The number of benzene rings is 1. The molecule has 0 spiro atoms. The Bertz CT molecular complexity index is 807.